The minimum absolute atomic E-state index is 0.0169. The van der Waals surface area contributed by atoms with Gasteiger partial charge in [0.05, 0.1) is 4.88 Å². The third kappa shape index (κ3) is 3.96. The molecule has 0 aliphatic carbocycles. The van der Waals surface area contributed by atoms with E-state index in [1.165, 1.54) is 5.56 Å². The standard InChI is InChI=1S/C23H24N2O2S/c1-25(2)18(12-16-8-4-3-5-9-16)14-24-23(26)21-13-17-15-27-20-11-7-6-10-19(20)22(17)28-21/h3-11,13,18H,12,14-15H2,1-2H3,(H,24,26). The monoisotopic (exact) mass is 392 g/mol. The topological polar surface area (TPSA) is 41.6 Å². The van der Waals surface area contributed by atoms with Gasteiger partial charge in [0, 0.05) is 28.6 Å². The zero-order chi connectivity index (χ0) is 19.5. The van der Waals surface area contributed by atoms with Gasteiger partial charge >= 0.3 is 0 Å². The molecule has 1 aliphatic rings. The minimum atomic E-state index is -0.0169. The molecule has 1 N–H and O–H groups in total. The van der Waals surface area contributed by atoms with Gasteiger partial charge in [-0.15, -0.1) is 11.3 Å². The molecule has 1 aromatic heterocycles. The van der Waals surface area contributed by atoms with E-state index in [-0.39, 0.29) is 11.9 Å². The first kappa shape index (κ1) is 18.7. The van der Waals surface area contributed by atoms with E-state index in [9.17, 15) is 4.79 Å². The summed E-state index contributed by atoms with van der Waals surface area (Å²) in [6.45, 7) is 1.13. The quantitative estimate of drug-likeness (QED) is 0.683. The lowest BCUT2D eigenvalue weighted by atomic mass is 10.1. The average Bonchev–Trinajstić information content (AvgIpc) is 3.16. The zero-order valence-corrected chi connectivity index (χ0v) is 17.0. The molecule has 0 saturated heterocycles. The fraction of sp³-hybridized carbons (Fsp3) is 0.261. The lowest BCUT2D eigenvalue weighted by Crippen LogP contribution is -2.41. The summed E-state index contributed by atoms with van der Waals surface area (Å²) in [6.07, 6.45) is 0.899. The van der Waals surface area contributed by atoms with Gasteiger partial charge in [-0.2, -0.15) is 0 Å². The molecular weight excluding hydrogens is 368 g/mol. The van der Waals surface area contributed by atoms with E-state index >= 15 is 0 Å². The first-order valence-electron chi connectivity index (χ1n) is 9.45. The summed E-state index contributed by atoms with van der Waals surface area (Å²) in [7, 11) is 4.11. The molecule has 28 heavy (non-hydrogen) atoms. The number of ether oxygens (including phenoxy) is 1. The number of carbonyl (C=O) groups is 1. The maximum atomic E-state index is 12.8. The number of fused-ring (bicyclic) bond motifs is 3. The molecular formula is C23H24N2O2S. The Morgan fingerprint density at radius 3 is 2.68 bits per heavy atom. The van der Waals surface area contributed by atoms with E-state index < -0.39 is 0 Å². The molecule has 1 unspecified atom stereocenters. The number of carbonyl (C=O) groups excluding carboxylic acids is 1. The molecule has 2 aromatic carbocycles. The maximum Gasteiger partial charge on any atom is 0.261 e. The Kier molecular flexibility index (Phi) is 5.46. The molecule has 5 heteroatoms. The summed E-state index contributed by atoms with van der Waals surface area (Å²) in [4.78, 5) is 16.8. The Morgan fingerprint density at radius 2 is 1.89 bits per heavy atom. The Hall–Kier alpha value is -2.63. The Morgan fingerprint density at radius 1 is 1.14 bits per heavy atom. The second-order valence-corrected chi connectivity index (χ2v) is 8.32. The van der Waals surface area contributed by atoms with Crippen molar-refractivity contribution in [2.45, 2.75) is 19.1 Å². The van der Waals surface area contributed by atoms with Crippen molar-refractivity contribution in [3.8, 4) is 16.2 Å². The second kappa shape index (κ2) is 8.17. The Labute approximate surface area is 169 Å². The number of hydrogen-bond acceptors (Lipinski definition) is 4. The van der Waals surface area contributed by atoms with Crippen LogP contribution in [-0.2, 0) is 13.0 Å². The van der Waals surface area contributed by atoms with Crippen molar-refractivity contribution < 1.29 is 9.53 Å². The number of thiophene rings is 1. The van der Waals surface area contributed by atoms with E-state index in [0.29, 0.717) is 13.2 Å². The van der Waals surface area contributed by atoms with Crippen LogP contribution in [0.2, 0.25) is 0 Å². The number of rotatable bonds is 6. The highest BCUT2D eigenvalue weighted by Gasteiger charge is 2.23. The molecule has 1 aliphatic heterocycles. The summed E-state index contributed by atoms with van der Waals surface area (Å²) in [5.41, 5.74) is 3.43. The lowest BCUT2D eigenvalue weighted by Gasteiger charge is -2.24. The maximum absolute atomic E-state index is 12.8. The Balaban J connectivity index is 1.45. The number of para-hydroxylation sites is 1. The van der Waals surface area contributed by atoms with Crippen LogP contribution in [0.15, 0.2) is 60.7 Å². The average molecular weight is 393 g/mol. The molecule has 0 saturated carbocycles. The van der Waals surface area contributed by atoms with Crippen molar-refractivity contribution in [2.24, 2.45) is 0 Å². The van der Waals surface area contributed by atoms with Crippen molar-refractivity contribution in [3.05, 3.63) is 76.7 Å². The minimum Gasteiger partial charge on any atom is -0.488 e. The van der Waals surface area contributed by atoms with Gasteiger partial charge < -0.3 is 15.0 Å². The van der Waals surface area contributed by atoms with Crippen LogP contribution in [0.4, 0.5) is 0 Å². The normalized spacial score (nSPS) is 13.4. The number of amides is 1. The number of nitrogens with one attached hydrogen (secondary N) is 1. The SMILES string of the molecule is CN(C)C(CNC(=O)c1cc2c(s1)-c1ccccc1OC2)Cc1ccccc1. The van der Waals surface area contributed by atoms with Crippen molar-refractivity contribution in [3.63, 3.8) is 0 Å². The van der Waals surface area contributed by atoms with Crippen LogP contribution < -0.4 is 10.1 Å². The highest BCUT2D eigenvalue weighted by Crippen LogP contribution is 2.42. The van der Waals surface area contributed by atoms with Gasteiger partial charge in [-0.25, -0.2) is 0 Å². The van der Waals surface area contributed by atoms with Gasteiger partial charge in [-0.1, -0.05) is 42.5 Å². The van der Waals surface area contributed by atoms with Gasteiger partial charge in [-0.3, -0.25) is 4.79 Å². The van der Waals surface area contributed by atoms with Gasteiger partial charge in [-0.05, 0) is 44.3 Å². The number of likely N-dealkylation sites (N-methyl/N-ethyl adjacent to an activating group) is 1. The smallest absolute Gasteiger partial charge is 0.261 e. The predicted molar refractivity (Wildman–Crippen MR) is 114 cm³/mol. The van der Waals surface area contributed by atoms with E-state index in [4.69, 9.17) is 4.74 Å². The van der Waals surface area contributed by atoms with Crippen molar-refractivity contribution >= 4 is 17.2 Å². The third-order valence-corrected chi connectivity index (χ3v) is 6.30. The zero-order valence-electron chi connectivity index (χ0n) is 16.1. The molecule has 4 nitrogen and oxygen atoms in total. The molecule has 1 amide bonds. The number of benzene rings is 2. The van der Waals surface area contributed by atoms with Gasteiger partial charge in [0.1, 0.15) is 12.4 Å². The van der Waals surface area contributed by atoms with Crippen molar-refractivity contribution in [1.29, 1.82) is 0 Å². The first-order valence-corrected chi connectivity index (χ1v) is 10.3. The summed E-state index contributed by atoms with van der Waals surface area (Å²) in [5.74, 6) is 0.871. The molecule has 2 heterocycles. The fourth-order valence-electron chi connectivity index (χ4n) is 3.43. The molecule has 4 rings (SSSR count). The van der Waals surface area contributed by atoms with Crippen LogP contribution in [-0.4, -0.2) is 37.5 Å². The van der Waals surface area contributed by atoms with Crippen LogP contribution in [0, 0.1) is 0 Å². The fourth-order valence-corrected chi connectivity index (χ4v) is 4.55. The van der Waals surface area contributed by atoms with Crippen molar-refractivity contribution in [1.82, 2.24) is 10.2 Å². The van der Waals surface area contributed by atoms with E-state index in [1.54, 1.807) is 11.3 Å². The second-order valence-electron chi connectivity index (χ2n) is 7.27. The molecule has 0 radical (unpaired) electrons. The lowest BCUT2D eigenvalue weighted by molar-refractivity contribution is 0.0945. The summed E-state index contributed by atoms with van der Waals surface area (Å²) in [5, 5.41) is 3.12. The van der Waals surface area contributed by atoms with Gasteiger partial charge in [0.2, 0.25) is 0 Å². The van der Waals surface area contributed by atoms with Gasteiger partial charge in [0.15, 0.2) is 0 Å². The molecule has 144 valence electrons. The van der Waals surface area contributed by atoms with E-state index in [1.807, 2.05) is 36.4 Å². The number of nitrogens with zero attached hydrogens (tertiary/aromatic N) is 1. The summed E-state index contributed by atoms with van der Waals surface area (Å²) >= 11 is 1.54. The molecule has 3 aromatic rings. The van der Waals surface area contributed by atoms with E-state index in [0.717, 1.165) is 33.1 Å². The molecule has 0 fully saturated rings. The highest BCUT2D eigenvalue weighted by atomic mass is 32.1. The Bertz CT molecular complexity index is 966. The number of hydrogen-bond donors (Lipinski definition) is 1. The predicted octanol–water partition coefficient (Wildman–Crippen LogP) is 4.21. The highest BCUT2D eigenvalue weighted by molar-refractivity contribution is 7.17. The van der Waals surface area contributed by atoms with Crippen LogP contribution in [0.25, 0.3) is 10.4 Å². The van der Waals surface area contributed by atoms with Crippen LogP contribution in [0.1, 0.15) is 20.8 Å². The first-order chi connectivity index (χ1) is 13.6. The molecule has 1 atom stereocenters. The van der Waals surface area contributed by atoms with E-state index in [2.05, 4.69) is 48.6 Å². The summed E-state index contributed by atoms with van der Waals surface area (Å²) < 4.78 is 5.81. The molecule has 0 spiro atoms. The van der Waals surface area contributed by atoms with Gasteiger partial charge in [0.25, 0.3) is 5.91 Å². The van der Waals surface area contributed by atoms with Crippen LogP contribution >= 0.6 is 11.3 Å². The third-order valence-electron chi connectivity index (χ3n) is 5.09. The molecule has 0 bridgehead atoms. The van der Waals surface area contributed by atoms with Crippen LogP contribution in [0.5, 0.6) is 5.75 Å². The van der Waals surface area contributed by atoms with Crippen LogP contribution in [0.3, 0.4) is 0 Å². The largest absolute Gasteiger partial charge is 0.488 e. The summed E-state index contributed by atoms with van der Waals surface area (Å²) in [6, 6.07) is 20.6. The van der Waals surface area contributed by atoms with Crippen molar-refractivity contribution in [2.75, 3.05) is 20.6 Å².